The van der Waals surface area contributed by atoms with Crippen LogP contribution < -0.4 is 5.32 Å². The Kier molecular flexibility index (Phi) is 3.96. The van der Waals surface area contributed by atoms with Crippen LogP contribution in [0.5, 0.6) is 0 Å². The average Bonchev–Trinajstić information content (AvgIpc) is 3.15. The van der Waals surface area contributed by atoms with Crippen LogP contribution in [0.15, 0.2) is 41.3 Å². The number of carbonyl (C=O) groups is 2. The molecule has 2 aliphatic heterocycles. The van der Waals surface area contributed by atoms with Crippen LogP contribution >= 0.6 is 0 Å². The number of hydrogen-bond acceptors (Lipinski definition) is 5. The highest BCUT2D eigenvalue weighted by atomic mass is 19.1. The number of carboxylic acids is 1. The van der Waals surface area contributed by atoms with Gasteiger partial charge in [-0.3, -0.25) is 4.79 Å². The lowest BCUT2D eigenvalue weighted by Crippen LogP contribution is -2.48. The minimum Gasteiger partial charge on any atom is -0.484 e. The summed E-state index contributed by atoms with van der Waals surface area (Å²) in [7, 11) is 0. The molecule has 2 atom stereocenters. The van der Waals surface area contributed by atoms with Gasteiger partial charge in [0.1, 0.15) is 12.4 Å². The third-order valence-corrected chi connectivity index (χ3v) is 3.80. The third kappa shape index (κ3) is 3.08. The molecule has 8 heteroatoms. The normalized spacial score (nSPS) is 25.3. The van der Waals surface area contributed by atoms with Crippen molar-refractivity contribution < 1.29 is 28.7 Å². The van der Waals surface area contributed by atoms with Gasteiger partial charge in [-0.2, -0.15) is 0 Å². The van der Waals surface area contributed by atoms with Crippen LogP contribution in [0.1, 0.15) is 18.9 Å². The minimum absolute atomic E-state index is 0.0427. The van der Waals surface area contributed by atoms with E-state index in [4.69, 9.17) is 14.7 Å². The molecule has 0 radical (unpaired) electrons. The Balaban J connectivity index is 1.66. The molecule has 0 saturated carbocycles. The van der Waals surface area contributed by atoms with Crippen LogP contribution in [0.3, 0.4) is 0 Å². The van der Waals surface area contributed by atoms with Crippen molar-refractivity contribution in [2.75, 3.05) is 6.61 Å². The number of ether oxygens (including phenoxy) is 1. The van der Waals surface area contributed by atoms with E-state index < -0.39 is 29.3 Å². The summed E-state index contributed by atoms with van der Waals surface area (Å²) < 4.78 is 18.3. The van der Waals surface area contributed by atoms with E-state index >= 15 is 0 Å². The Morgan fingerprint density at radius 2 is 2.25 bits per heavy atom. The predicted octanol–water partition coefficient (Wildman–Crippen LogP) is 1.19. The molecule has 1 amide bonds. The first kappa shape index (κ1) is 16.0. The number of rotatable bonds is 4. The summed E-state index contributed by atoms with van der Waals surface area (Å²) >= 11 is 0. The first-order valence-electron chi connectivity index (χ1n) is 7.27. The third-order valence-electron chi connectivity index (χ3n) is 3.80. The molecule has 3 rings (SSSR count). The van der Waals surface area contributed by atoms with Gasteiger partial charge in [-0.25, -0.2) is 9.18 Å². The van der Waals surface area contributed by atoms with Gasteiger partial charge < -0.3 is 20.0 Å². The van der Waals surface area contributed by atoms with E-state index in [9.17, 15) is 14.0 Å². The van der Waals surface area contributed by atoms with E-state index in [0.717, 1.165) is 0 Å². The van der Waals surface area contributed by atoms with Crippen LogP contribution in [0.25, 0.3) is 0 Å². The monoisotopic (exact) mass is 334 g/mol. The second-order valence-electron chi connectivity index (χ2n) is 5.77. The molecule has 0 saturated heterocycles. The van der Waals surface area contributed by atoms with Gasteiger partial charge in [0.15, 0.2) is 0 Å². The van der Waals surface area contributed by atoms with E-state index in [0.29, 0.717) is 11.3 Å². The number of benzene rings is 1. The van der Waals surface area contributed by atoms with E-state index in [-0.39, 0.29) is 18.8 Å². The van der Waals surface area contributed by atoms with Gasteiger partial charge in [-0.15, -0.1) is 0 Å². The van der Waals surface area contributed by atoms with Crippen molar-refractivity contribution in [3.63, 3.8) is 0 Å². The molecule has 0 spiro atoms. The van der Waals surface area contributed by atoms with E-state index in [1.165, 1.54) is 18.2 Å². The zero-order chi connectivity index (χ0) is 17.3. The van der Waals surface area contributed by atoms with Gasteiger partial charge in [0.05, 0.1) is 11.8 Å². The summed E-state index contributed by atoms with van der Waals surface area (Å²) in [6.07, 6.45) is 1.50. The zero-order valence-electron chi connectivity index (χ0n) is 12.8. The molecular weight excluding hydrogens is 319 g/mol. The smallest absolute Gasteiger partial charge is 0.370 e. The number of halogens is 1. The van der Waals surface area contributed by atoms with E-state index in [1.807, 2.05) is 0 Å². The lowest BCUT2D eigenvalue weighted by atomic mass is 9.95. The zero-order valence-corrected chi connectivity index (χ0v) is 12.8. The molecule has 2 aliphatic rings. The highest BCUT2D eigenvalue weighted by Crippen LogP contribution is 2.27. The molecule has 0 bridgehead atoms. The maximum atomic E-state index is 13.3. The first-order valence-corrected chi connectivity index (χ1v) is 7.27. The quantitative estimate of drug-likeness (QED) is 0.862. The van der Waals surface area contributed by atoms with Gasteiger partial charge >= 0.3 is 5.97 Å². The molecule has 0 aliphatic carbocycles. The number of hydrogen-bond donors (Lipinski definition) is 2. The second-order valence-corrected chi connectivity index (χ2v) is 5.77. The Hall–Kier alpha value is -2.90. The molecule has 24 heavy (non-hydrogen) atoms. The average molecular weight is 334 g/mol. The van der Waals surface area contributed by atoms with Crippen LogP contribution in [0.4, 0.5) is 4.39 Å². The molecule has 1 aromatic carbocycles. The largest absolute Gasteiger partial charge is 0.484 e. The Bertz CT molecular complexity index is 761. The fraction of sp³-hybridized carbons (Fsp3) is 0.312. The summed E-state index contributed by atoms with van der Waals surface area (Å²) in [5.74, 6) is -2.24. The number of nitrogens with one attached hydrogen (secondary N) is 1. The van der Waals surface area contributed by atoms with Crippen LogP contribution in [0, 0.1) is 5.82 Å². The molecule has 1 unspecified atom stereocenters. The van der Waals surface area contributed by atoms with E-state index in [1.54, 1.807) is 19.1 Å². The van der Waals surface area contributed by atoms with Crippen LogP contribution in [-0.4, -0.2) is 40.9 Å². The summed E-state index contributed by atoms with van der Waals surface area (Å²) in [6.45, 7) is 1.61. The van der Waals surface area contributed by atoms with Crippen molar-refractivity contribution in [2.24, 2.45) is 5.16 Å². The molecule has 1 aromatic rings. The van der Waals surface area contributed by atoms with Crippen LogP contribution in [-0.2, 0) is 19.2 Å². The maximum Gasteiger partial charge on any atom is 0.370 e. The highest BCUT2D eigenvalue weighted by molar-refractivity contribution is 6.05. The van der Waals surface area contributed by atoms with Crippen molar-refractivity contribution in [3.8, 4) is 0 Å². The molecular formula is C16H15FN2O5. The summed E-state index contributed by atoms with van der Waals surface area (Å²) in [5, 5.41) is 15.4. The Morgan fingerprint density at radius 1 is 1.46 bits per heavy atom. The summed E-state index contributed by atoms with van der Waals surface area (Å²) in [5.41, 5.74) is -0.234. The van der Waals surface area contributed by atoms with Crippen molar-refractivity contribution in [1.82, 2.24) is 5.32 Å². The molecule has 2 heterocycles. The van der Waals surface area contributed by atoms with Gasteiger partial charge in [0, 0.05) is 12.0 Å². The summed E-state index contributed by atoms with van der Waals surface area (Å²) in [4.78, 5) is 28.5. The number of carbonyl (C=O) groups excluding carboxylic acids is 1. The number of oxime groups is 1. The number of amides is 1. The van der Waals surface area contributed by atoms with Crippen LogP contribution in [0.2, 0.25) is 0 Å². The van der Waals surface area contributed by atoms with Crippen molar-refractivity contribution >= 4 is 17.6 Å². The van der Waals surface area contributed by atoms with Crippen molar-refractivity contribution in [1.29, 1.82) is 0 Å². The first-order chi connectivity index (χ1) is 11.4. The standard InChI is InChI=1S/C16H15FN2O5/c1-16(15(22)18-11-6-13(14(20)21)23-8-11)7-12(19-24-16)9-3-2-4-10(17)5-9/h2-6,11H,7-8H2,1H3,(H,18,22)(H,20,21)/t11-,16?/m0/s1. The minimum atomic E-state index is -1.25. The molecule has 126 valence electrons. The molecule has 0 aromatic heterocycles. The second kappa shape index (κ2) is 5.95. The SMILES string of the molecule is CC1(C(=O)N[C@H]2C=C(C(=O)O)OC2)CC(c2cccc(F)c2)=NO1. The Labute approximate surface area is 136 Å². The molecule has 2 N–H and O–H groups in total. The maximum absolute atomic E-state index is 13.3. The topological polar surface area (TPSA) is 97.2 Å². The fourth-order valence-corrected chi connectivity index (χ4v) is 2.48. The lowest BCUT2D eigenvalue weighted by Gasteiger charge is -2.22. The number of nitrogens with zero attached hydrogens (tertiary/aromatic N) is 1. The summed E-state index contributed by atoms with van der Waals surface area (Å²) in [6, 6.07) is 5.32. The van der Waals surface area contributed by atoms with Crippen molar-refractivity contribution in [2.45, 2.75) is 25.0 Å². The highest BCUT2D eigenvalue weighted by Gasteiger charge is 2.43. The Morgan fingerprint density at radius 3 is 2.92 bits per heavy atom. The van der Waals surface area contributed by atoms with Gasteiger partial charge in [-0.05, 0) is 25.1 Å². The van der Waals surface area contributed by atoms with Gasteiger partial charge in [0.25, 0.3) is 5.91 Å². The van der Waals surface area contributed by atoms with E-state index in [2.05, 4.69) is 10.5 Å². The molecule has 0 fully saturated rings. The van der Waals surface area contributed by atoms with Crippen molar-refractivity contribution in [3.05, 3.63) is 47.5 Å². The fourth-order valence-electron chi connectivity index (χ4n) is 2.48. The number of aliphatic carboxylic acids is 1. The lowest BCUT2D eigenvalue weighted by molar-refractivity contribution is -0.142. The predicted molar refractivity (Wildman–Crippen MR) is 80.6 cm³/mol. The molecule has 7 nitrogen and oxygen atoms in total. The van der Waals surface area contributed by atoms with Gasteiger partial charge in [-0.1, -0.05) is 17.3 Å². The van der Waals surface area contributed by atoms with Gasteiger partial charge in [0.2, 0.25) is 11.4 Å². The number of carboxylic acid groups (broad SMARTS) is 1.